The van der Waals surface area contributed by atoms with Crippen LogP contribution in [0.15, 0.2) is 42.5 Å². The third-order valence-electron chi connectivity index (χ3n) is 2.77. The van der Waals surface area contributed by atoms with E-state index in [9.17, 15) is 9.50 Å². The Bertz CT molecular complexity index is 540. The fourth-order valence-corrected chi connectivity index (χ4v) is 1.80. The van der Waals surface area contributed by atoms with E-state index in [0.29, 0.717) is 17.7 Å². The number of benzene rings is 2. The van der Waals surface area contributed by atoms with Gasteiger partial charge >= 0.3 is 0 Å². The minimum atomic E-state index is -0.870. The topological polar surface area (TPSA) is 66.5 Å². The van der Waals surface area contributed by atoms with Gasteiger partial charge in [0.05, 0.1) is 6.10 Å². The van der Waals surface area contributed by atoms with Crippen molar-refractivity contribution >= 4 is 5.69 Å². The van der Waals surface area contributed by atoms with Crippen LogP contribution in [-0.4, -0.2) is 10.2 Å². The van der Waals surface area contributed by atoms with Crippen LogP contribution in [0.2, 0.25) is 0 Å². The number of hydrogen-bond donors (Lipinski definition) is 3. The maximum Gasteiger partial charge on any atom is 0.123 e. The van der Waals surface area contributed by atoms with E-state index >= 15 is 0 Å². The smallest absolute Gasteiger partial charge is 0.123 e. The summed E-state index contributed by atoms with van der Waals surface area (Å²) in [6.45, 7) is 0. The average molecular weight is 247 g/mol. The first-order valence-electron chi connectivity index (χ1n) is 5.57. The third kappa shape index (κ3) is 2.78. The molecule has 0 aliphatic rings. The number of phenols is 1. The Balaban J connectivity index is 2.18. The maximum absolute atomic E-state index is 13.1. The molecule has 2 aromatic rings. The molecule has 4 N–H and O–H groups in total. The quantitative estimate of drug-likeness (QED) is 0.729. The van der Waals surface area contributed by atoms with Crippen LogP contribution in [-0.2, 0) is 6.42 Å². The van der Waals surface area contributed by atoms with Gasteiger partial charge in [-0.2, -0.15) is 0 Å². The first kappa shape index (κ1) is 12.4. The lowest BCUT2D eigenvalue weighted by Gasteiger charge is -2.13. The number of aromatic hydroxyl groups is 1. The highest BCUT2D eigenvalue weighted by Crippen LogP contribution is 2.25. The number of hydrogen-bond acceptors (Lipinski definition) is 3. The van der Waals surface area contributed by atoms with Crippen LogP contribution < -0.4 is 5.73 Å². The van der Waals surface area contributed by atoms with E-state index in [0.717, 1.165) is 5.56 Å². The molecule has 0 aliphatic carbocycles. The van der Waals surface area contributed by atoms with Crippen LogP contribution in [0, 0.1) is 5.82 Å². The second kappa shape index (κ2) is 5.06. The number of rotatable bonds is 3. The molecule has 1 atom stereocenters. The fourth-order valence-electron chi connectivity index (χ4n) is 1.80. The Kier molecular flexibility index (Phi) is 3.48. The Morgan fingerprint density at radius 3 is 2.44 bits per heavy atom. The molecule has 0 bridgehead atoms. The molecule has 2 rings (SSSR count). The predicted octanol–water partition coefficient (Wildman–Crippen LogP) is 2.39. The standard InChI is InChI=1S/C14H14FNO2/c15-10-3-6-13(16)12(8-10)14(18)7-9-1-4-11(17)5-2-9/h1-6,8,14,17-18H,7,16H2. The number of nitrogens with two attached hydrogens (primary N) is 1. The van der Waals surface area contributed by atoms with Gasteiger partial charge in [-0.05, 0) is 35.9 Å². The van der Waals surface area contributed by atoms with Gasteiger partial charge in [0.2, 0.25) is 0 Å². The van der Waals surface area contributed by atoms with Crippen molar-refractivity contribution in [2.75, 3.05) is 5.73 Å². The summed E-state index contributed by atoms with van der Waals surface area (Å²) in [4.78, 5) is 0. The number of aliphatic hydroxyl groups is 1. The summed E-state index contributed by atoms with van der Waals surface area (Å²) in [5.41, 5.74) is 7.28. The molecule has 2 aromatic carbocycles. The molecule has 0 saturated carbocycles. The van der Waals surface area contributed by atoms with Crippen molar-refractivity contribution in [1.82, 2.24) is 0 Å². The number of anilines is 1. The lowest BCUT2D eigenvalue weighted by Crippen LogP contribution is -2.05. The van der Waals surface area contributed by atoms with E-state index in [1.165, 1.54) is 30.3 Å². The van der Waals surface area contributed by atoms with Crippen molar-refractivity contribution in [2.45, 2.75) is 12.5 Å². The molecule has 0 fully saturated rings. The van der Waals surface area contributed by atoms with Crippen molar-refractivity contribution in [3.05, 3.63) is 59.4 Å². The SMILES string of the molecule is Nc1ccc(F)cc1C(O)Cc1ccc(O)cc1. The molecule has 4 heteroatoms. The number of halogens is 1. The second-order valence-electron chi connectivity index (χ2n) is 4.16. The third-order valence-corrected chi connectivity index (χ3v) is 2.77. The first-order valence-corrected chi connectivity index (χ1v) is 5.57. The predicted molar refractivity (Wildman–Crippen MR) is 67.6 cm³/mol. The zero-order chi connectivity index (χ0) is 13.1. The van der Waals surface area contributed by atoms with Crippen LogP contribution >= 0.6 is 0 Å². The molecule has 0 saturated heterocycles. The van der Waals surface area contributed by atoms with Crippen LogP contribution in [0.4, 0.5) is 10.1 Å². The van der Waals surface area contributed by atoms with Crippen molar-refractivity contribution in [3.8, 4) is 5.75 Å². The monoisotopic (exact) mass is 247 g/mol. The van der Waals surface area contributed by atoms with E-state index < -0.39 is 11.9 Å². The molecule has 0 heterocycles. The molecule has 94 valence electrons. The van der Waals surface area contributed by atoms with Gasteiger partial charge in [0.25, 0.3) is 0 Å². The summed E-state index contributed by atoms with van der Waals surface area (Å²) in [7, 11) is 0. The maximum atomic E-state index is 13.1. The van der Waals surface area contributed by atoms with Crippen molar-refractivity contribution in [2.24, 2.45) is 0 Å². The van der Waals surface area contributed by atoms with Gasteiger partial charge in [-0.3, -0.25) is 0 Å². The molecule has 0 spiro atoms. The highest BCUT2D eigenvalue weighted by molar-refractivity contribution is 5.48. The summed E-state index contributed by atoms with van der Waals surface area (Å²) < 4.78 is 13.1. The van der Waals surface area contributed by atoms with E-state index in [1.54, 1.807) is 12.1 Å². The Hall–Kier alpha value is -2.07. The molecular formula is C14H14FNO2. The molecular weight excluding hydrogens is 233 g/mol. The van der Waals surface area contributed by atoms with Gasteiger partial charge in [-0.15, -0.1) is 0 Å². The van der Waals surface area contributed by atoms with E-state index in [-0.39, 0.29) is 5.75 Å². The van der Waals surface area contributed by atoms with Crippen LogP contribution in [0.5, 0.6) is 5.75 Å². The van der Waals surface area contributed by atoms with Gasteiger partial charge in [-0.1, -0.05) is 12.1 Å². The molecule has 3 nitrogen and oxygen atoms in total. The van der Waals surface area contributed by atoms with Crippen molar-refractivity contribution in [3.63, 3.8) is 0 Å². The summed E-state index contributed by atoms with van der Waals surface area (Å²) in [6.07, 6.45) is -0.557. The van der Waals surface area contributed by atoms with Crippen molar-refractivity contribution in [1.29, 1.82) is 0 Å². The van der Waals surface area contributed by atoms with E-state index in [1.807, 2.05) is 0 Å². The first-order chi connectivity index (χ1) is 8.56. The number of phenolic OH excluding ortho intramolecular Hbond substituents is 1. The fraction of sp³-hybridized carbons (Fsp3) is 0.143. The zero-order valence-corrected chi connectivity index (χ0v) is 9.68. The summed E-state index contributed by atoms with van der Waals surface area (Å²) in [5, 5.41) is 19.2. The number of nitrogen functional groups attached to an aromatic ring is 1. The Morgan fingerprint density at radius 1 is 1.11 bits per heavy atom. The van der Waals surface area contributed by atoms with Gasteiger partial charge in [0, 0.05) is 17.7 Å². The molecule has 0 aromatic heterocycles. The van der Waals surface area contributed by atoms with Crippen LogP contribution in [0.1, 0.15) is 17.2 Å². The van der Waals surface area contributed by atoms with E-state index in [2.05, 4.69) is 0 Å². The molecule has 0 aliphatic heterocycles. The molecule has 0 amide bonds. The van der Waals surface area contributed by atoms with Crippen LogP contribution in [0.3, 0.4) is 0 Å². The Morgan fingerprint density at radius 2 is 1.78 bits per heavy atom. The lowest BCUT2D eigenvalue weighted by atomic mass is 10.00. The van der Waals surface area contributed by atoms with Crippen molar-refractivity contribution < 1.29 is 14.6 Å². The second-order valence-corrected chi connectivity index (χ2v) is 4.16. The lowest BCUT2D eigenvalue weighted by molar-refractivity contribution is 0.179. The van der Waals surface area contributed by atoms with Crippen LogP contribution in [0.25, 0.3) is 0 Å². The summed E-state index contributed by atoms with van der Waals surface area (Å²) in [5.74, 6) is -0.262. The van der Waals surface area contributed by atoms with Gasteiger partial charge in [0.1, 0.15) is 11.6 Å². The highest BCUT2D eigenvalue weighted by atomic mass is 19.1. The largest absolute Gasteiger partial charge is 0.508 e. The molecule has 0 radical (unpaired) electrons. The number of aliphatic hydroxyl groups excluding tert-OH is 1. The minimum absolute atomic E-state index is 0.165. The summed E-state index contributed by atoms with van der Waals surface area (Å²) >= 11 is 0. The van der Waals surface area contributed by atoms with Gasteiger partial charge in [-0.25, -0.2) is 4.39 Å². The summed E-state index contributed by atoms with van der Waals surface area (Å²) in [6, 6.07) is 10.4. The van der Waals surface area contributed by atoms with Gasteiger partial charge < -0.3 is 15.9 Å². The Labute approximate surface area is 104 Å². The van der Waals surface area contributed by atoms with E-state index in [4.69, 9.17) is 10.8 Å². The molecule has 18 heavy (non-hydrogen) atoms. The highest BCUT2D eigenvalue weighted by Gasteiger charge is 2.12. The minimum Gasteiger partial charge on any atom is -0.508 e. The average Bonchev–Trinajstić information content (AvgIpc) is 2.35. The molecule has 1 unspecified atom stereocenters. The van der Waals surface area contributed by atoms with Gasteiger partial charge in [0.15, 0.2) is 0 Å². The zero-order valence-electron chi connectivity index (χ0n) is 9.68. The normalized spacial score (nSPS) is 12.3.